The Kier molecular flexibility index (Phi) is 2.86. The van der Waals surface area contributed by atoms with E-state index in [2.05, 4.69) is 38.6 Å². The van der Waals surface area contributed by atoms with E-state index in [0.717, 1.165) is 12.2 Å². The predicted molar refractivity (Wildman–Crippen MR) is 54.9 cm³/mol. The Morgan fingerprint density at radius 1 is 1.36 bits per heavy atom. The number of halogens is 1. The quantitative estimate of drug-likeness (QED) is 0.597. The molecule has 11 heavy (non-hydrogen) atoms. The van der Waals surface area contributed by atoms with Gasteiger partial charge in [-0.3, -0.25) is 0 Å². The van der Waals surface area contributed by atoms with Crippen molar-refractivity contribution in [3.8, 4) is 0 Å². The first-order chi connectivity index (χ1) is 5.16. The average molecular weight is 267 g/mol. The molecule has 0 fully saturated rings. The molecule has 0 spiro atoms. The second-order valence-electron chi connectivity index (χ2n) is 2.55. The van der Waals surface area contributed by atoms with Gasteiger partial charge < -0.3 is 0 Å². The van der Waals surface area contributed by atoms with E-state index in [-0.39, 0.29) is 0 Å². The molecule has 1 aromatic rings. The van der Waals surface area contributed by atoms with Gasteiger partial charge >= 0.3 is 74.5 Å². The maximum atomic E-state index is 4.17. The molecule has 64 valence electrons. The number of nitrogens with zero attached hydrogens (tertiary/aromatic N) is 3. The molecule has 0 bridgehead atoms. The van der Waals surface area contributed by atoms with Crippen LogP contribution in [0.25, 0.3) is 0 Å². The molecule has 0 aromatic carbocycles. The van der Waals surface area contributed by atoms with Crippen molar-refractivity contribution in [3.05, 3.63) is 9.66 Å². The fraction of sp³-hybridized carbons (Fsp3) is 0.714. The zero-order valence-corrected chi connectivity index (χ0v) is 9.58. The van der Waals surface area contributed by atoms with E-state index in [1.165, 1.54) is 3.83 Å². The molecule has 1 rings (SSSR count). The van der Waals surface area contributed by atoms with Gasteiger partial charge in [-0.1, -0.05) is 0 Å². The van der Waals surface area contributed by atoms with Crippen molar-refractivity contribution < 1.29 is 0 Å². The van der Waals surface area contributed by atoms with E-state index in [0.29, 0.717) is 0 Å². The molecule has 1 aromatic heterocycles. The average Bonchev–Trinajstić information content (AvgIpc) is 2.30. The standard InChI is InChI=1S/C7H14IN3/c1-5-6-9-10-7(8(2)3)11(6)4/h5H2,1-4H3. The molecule has 0 amide bonds. The normalized spacial score (nSPS) is 11.8. The Morgan fingerprint density at radius 2 is 2.00 bits per heavy atom. The van der Waals surface area contributed by atoms with Gasteiger partial charge in [-0.15, -0.1) is 0 Å². The SMILES string of the molecule is CCc1nnc(I(C)C)n1C. The summed E-state index contributed by atoms with van der Waals surface area (Å²) in [6, 6.07) is 0. The summed E-state index contributed by atoms with van der Waals surface area (Å²) in [5, 5.41) is 8.28. The molecule has 0 aliphatic rings. The van der Waals surface area contributed by atoms with Crippen LogP contribution in [0.5, 0.6) is 0 Å². The first kappa shape index (κ1) is 8.96. The van der Waals surface area contributed by atoms with Crippen LogP contribution in [0, 0.1) is 3.83 Å². The van der Waals surface area contributed by atoms with Gasteiger partial charge in [-0.25, -0.2) is 0 Å². The number of aromatic nitrogens is 3. The van der Waals surface area contributed by atoms with Gasteiger partial charge in [0.2, 0.25) is 0 Å². The third-order valence-corrected chi connectivity index (χ3v) is 4.44. The van der Waals surface area contributed by atoms with E-state index < -0.39 is 19.8 Å². The summed E-state index contributed by atoms with van der Waals surface area (Å²) in [7, 11) is 2.06. The van der Waals surface area contributed by atoms with Crippen LogP contribution in [0.3, 0.4) is 0 Å². The number of hydrogen-bond donors (Lipinski definition) is 0. The van der Waals surface area contributed by atoms with Crippen molar-refractivity contribution in [3.63, 3.8) is 0 Å². The fourth-order valence-corrected chi connectivity index (χ4v) is 3.24. The number of alkyl halides is 2. The predicted octanol–water partition coefficient (Wildman–Crippen LogP) is 1.31. The van der Waals surface area contributed by atoms with E-state index in [1.54, 1.807) is 0 Å². The van der Waals surface area contributed by atoms with Gasteiger partial charge in [0.25, 0.3) is 0 Å². The molecule has 0 saturated carbocycles. The van der Waals surface area contributed by atoms with Crippen LogP contribution >= 0.6 is 19.8 Å². The topological polar surface area (TPSA) is 30.7 Å². The number of rotatable bonds is 2. The van der Waals surface area contributed by atoms with Gasteiger partial charge in [0.15, 0.2) is 0 Å². The van der Waals surface area contributed by atoms with Crippen LogP contribution in [0.15, 0.2) is 0 Å². The monoisotopic (exact) mass is 267 g/mol. The zero-order chi connectivity index (χ0) is 8.43. The van der Waals surface area contributed by atoms with Gasteiger partial charge in [-0.2, -0.15) is 0 Å². The third-order valence-electron chi connectivity index (χ3n) is 1.57. The van der Waals surface area contributed by atoms with E-state index in [4.69, 9.17) is 0 Å². The van der Waals surface area contributed by atoms with Crippen LogP contribution < -0.4 is 0 Å². The van der Waals surface area contributed by atoms with Gasteiger partial charge in [0.1, 0.15) is 0 Å². The van der Waals surface area contributed by atoms with Crippen LogP contribution in [-0.2, 0) is 13.5 Å². The molecule has 3 nitrogen and oxygen atoms in total. The molecule has 0 saturated heterocycles. The summed E-state index contributed by atoms with van der Waals surface area (Å²) in [5.41, 5.74) is 0. The first-order valence-electron chi connectivity index (χ1n) is 3.55. The summed E-state index contributed by atoms with van der Waals surface area (Å²) in [4.78, 5) is 4.57. The van der Waals surface area contributed by atoms with E-state index in [9.17, 15) is 0 Å². The van der Waals surface area contributed by atoms with Crippen LogP contribution in [-0.4, -0.2) is 24.6 Å². The first-order valence-corrected chi connectivity index (χ1v) is 8.94. The Hall–Kier alpha value is -0.130. The molecular formula is C7H14IN3. The minimum absolute atomic E-state index is 0.930. The second-order valence-corrected chi connectivity index (χ2v) is 7.83. The van der Waals surface area contributed by atoms with Gasteiger partial charge in [-0.05, 0) is 0 Å². The van der Waals surface area contributed by atoms with Crippen LogP contribution in [0.4, 0.5) is 0 Å². The van der Waals surface area contributed by atoms with Crippen molar-refractivity contribution in [2.75, 3.05) is 9.86 Å². The fourth-order valence-electron chi connectivity index (χ4n) is 0.977. The Labute approximate surface area is 74.6 Å². The molecule has 0 aliphatic carbocycles. The molecule has 4 heteroatoms. The molecule has 0 unspecified atom stereocenters. The summed E-state index contributed by atoms with van der Waals surface area (Å²) < 4.78 is 3.37. The summed E-state index contributed by atoms with van der Waals surface area (Å²) in [5.74, 6) is 1.10. The Bertz CT molecular complexity index is 242. The zero-order valence-electron chi connectivity index (χ0n) is 7.43. The summed E-state index contributed by atoms with van der Waals surface area (Å²) in [6.45, 7) is 2.11. The second kappa shape index (κ2) is 3.51. The van der Waals surface area contributed by atoms with Crippen molar-refractivity contribution >= 4 is 19.8 Å². The third kappa shape index (κ3) is 1.72. The molecule has 0 aliphatic heterocycles. The Morgan fingerprint density at radius 3 is 2.27 bits per heavy atom. The maximum absolute atomic E-state index is 4.17. The van der Waals surface area contributed by atoms with Gasteiger partial charge in [0.05, 0.1) is 0 Å². The molecule has 0 atom stereocenters. The summed E-state index contributed by atoms with van der Waals surface area (Å²) >= 11 is -0.930. The van der Waals surface area contributed by atoms with Crippen molar-refractivity contribution in [1.29, 1.82) is 0 Å². The number of hydrogen-bond acceptors (Lipinski definition) is 2. The summed E-state index contributed by atoms with van der Waals surface area (Å²) in [6.07, 6.45) is 0.980. The molecule has 0 N–H and O–H groups in total. The van der Waals surface area contributed by atoms with Crippen molar-refractivity contribution in [1.82, 2.24) is 14.8 Å². The Balaban J connectivity index is 3.00. The van der Waals surface area contributed by atoms with E-state index >= 15 is 0 Å². The molecular weight excluding hydrogens is 253 g/mol. The van der Waals surface area contributed by atoms with Crippen LogP contribution in [0.2, 0.25) is 0 Å². The van der Waals surface area contributed by atoms with Crippen LogP contribution in [0.1, 0.15) is 12.7 Å². The molecule has 0 radical (unpaired) electrons. The molecule has 1 heterocycles. The van der Waals surface area contributed by atoms with Crippen molar-refractivity contribution in [2.24, 2.45) is 7.05 Å². The van der Waals surface area contributed by atoms with E-state index in [1.807, 2.05) is 0 Å². The number of aryl methyl sites for hydroxylation is 1. The van der Waals surface area contributed by atoms with Gasteiger partial charge in [0, 0.05) is 0 Å². The minimum atomic E-state index is -0.930. The van der Waals surface area contributed by atoms with Crippen molar-refractivity contribution in [2.45, 2.75) is 13.3 Å².